The van der Waals surface area contributed by atoms with Crippen molar-refractivity contribution in [3.63, 3.8) is 0 Å². The van der Waals surface area contributed by atoms with E-state index in [-0.39, 0.29) is 6.08 Å². The third kappa shape index (κ3) is 6.35. The van der Waals surface area contributed by atoms with Gasteiger partial charge in [0.25, 0.3) is 0 Å². The molecule has 0 fully saturated rings. The topological polar surface area (TPSA) is 46.5 Å². The van der Waals surface area contributed by atoms with E-state index in [1.54, 1.807) is 0 Å². The Kier molecular flexibility index (Phi) is 12.1. The predicted molar refractivity (Wildman–Crippen MR) is 102 cm³/mol. The molecule has 298 valence electrons. The number of halogens is 27. The van der Waals surface area contributed by atoms with Crippen molar-refractivity contribution in [3.05, 3.63) is 12.7 Å². The molecule has 0 rings (SSSR count). The minimum atomic E-state index is -9.88. The van der Waals surface area contributed by atoms with Crippen LogP contribution in [0.4, 0.5) is 119 Å². The lowest BCUT2D eigenvalue weighted by atomic mass is 9.81. The second kappa shape index (κ2) is 12.7. The molecule has 0 saturated heterocycles. The molecule has 1 atom stereocenters. The number of alkyl halides is 27. The van der Waals surface area contributed by atoms with Crippen molar-refractivity contribution < 1.29 is 133 Å². The van der Waals surface area contributed by atoms with E-state index in [4.69, 9.17) is 0 Å². The zero-order chi connectivity index (χ0) is 41.2. The Balaban J connectivity index is 7.21. The van der Waals surface area contributed by atoms with Gasteiger partial charge in [-0.25, -0.2) is 9.18 Å². The Morgan fingerprint density at radius 1 is 0.500 bits per heavy atom. The van der Waals surface area contributed by atoms with Crippen LogP contribution in [0.5, 0.6) is 0 Å². The van der Waals surface area contributed by atoms with E-state index < -0.39 is 109 Å². The van der Waals surface area contributed by atoms with Crippen LogP contribution in [0.15, 0.2) is 12.7 Å². The van der Waals surface area contributed by atoms with Crippen molar-refractivity contribution in [2.45, 2.75) is 96.2 Å². The van der Waals surface area contributed by atoms with Gasteiger partial charge in [0.15, 0.2) is 0 Å². The number of carbonyl (C=O) groups excluding carboxylic acids is 1. The molecule has 30 heteroatoms. The molecule has 0 radical (unpaired) electrons. The van der Waals surface area contributed by atoms with Crippen LogP contribution in [0.2, 0.25) is 0 Å². The minimum absolute atomic E-state index is 0.277. The maximum atomic E-state index is 13.9. The fourth-order valence-electron chi connectivity index (χ4n) is 3.17. The Morgan fingerprint density at radius 2 is 0.760 bits per heavy atom. The standard InChI is InChI=1S/C20H11F27O3/c1-2-7(49)50-5-6(48)3-4-8(21,22)10(24,25)12(28,29)14(32,33)16(36,37)18(40,41)17(38,39)15(34,35)13(30,31)11(26,27)9(23,19(42,43)44)20(45,46)47/h2,6,48H,1,3-5H2. The molecular weight excluding hydrogens is 801 g/mol. The van der Waals surface area contributed by atoms with Crippen molar-refractivity contribution in [1.82, 2.24) is 0 Å². The molecule has 0 aromatic heterocycles. The average molecular weight is 812 g/mol. The maximum Gasteiger partial charge on any atom is 0.438 e. The number of hydrogen-bond acceptors (Lipinski definition) is 3. The van der Waals surface area contributed by atoms with Gasteiger partial charge in [-0.1, -0.05) is 6.58 Å². The number of carbonyl (C=O) groups is 1. The molecule has 3 nitrogen and oxygen atoms in total. The first-order valence-electron chi connectivity index (χ1n) is 11.4. The highest BCUT2D eigenvalue weighted by Gasteiger charge is 3.01. The van der Waals surface area contributed by atoms with E-state index in [1.165, 1.54) is 0 Å². The third-order valence-electron chi connectivity index (χ3n) is 6.20. The molecule has 0 bridgehead atoms. The molecule has 0 aliphatic rings. The van der Waals surface area contributed by atoms with E-state index >= 15 is 0 Å². The van der Waals surface area contributed by atoms with Crippen LogP contribution < -0.4 is 0 Å². The van der Waals surface area contributed by atoms with Crippen LogP contribution in [-0.4, -0.2) is 101 Å². The van der Waals surface area contributed by atoms with Crippen LogP contribution in [0.1, 0.15) is 12.8 Å². The Bertz CT molecular complexity index is 1210. The van der Waals surface area contributed by atoms with Crippen molar-refractivity contribution in [1.29, 1.82) is 0 Å². The van der Waals surface area contributed by atoms with Crippen LogP contribution in [0.3, 0.4) is 0 Å². The molecular formula is C20H11F27O3. The highest BCUT2D eigenvalue weighted by Crippen LogP contribution is 2.69. The van der Waals surface area contributed by atoms with Gasteiger partial charge in [-0.15, -0.1) is 0 Å². The summed E-state index contributed by atoms with van der Waals surface area (Å²) in [6.07, 6.45) is -25.2. The van der Waals surface area contributed by atoms with Crippen molar-refractivity contribution >= 4 is 5.97 Å². The molecule has 50 heavy (non-hydrogen) atoms. The smallest absolute Gasteiger partial charge is 0.438 e. The van der Waals surface area contributed by atoms with Crippen molar-refractivity contribution in [2.24, 2.45) is 0 Å². The molecule has 0 aromatic rings. The van der Waals surface area contributed by atoms with E-state index in [0.717, 1.165) is 0 Å². The zero-order valence-corrected chi connectivity index (χ0v) is 22.5. The predicted octanol–water partition coefficient (Wildman–Crippen LogP) is 9.04. The van der Waals surface area contributed by atoms with Crippen molar-refractivity contribution in [2.75, 3.05) is 6.61 Å². The molecule has 0 aliphatic heterocycles. The van der Waals surface area contributed by atoms with Crippen LogP contribution in [0, 0.1) is 0 Å². The van der Waals surface area contributed by atoms with Gasteiger partial charge in [0, 0.05) is 12.5 Å². The summed E-state index contributed by atoms with van der Waals surface area (Å²) in [5.74, 6) is -94.1. The highest BCUT2D eigenvalue weighted by atomic mass is 19.4. The zero-order valence-electron chi connectivity index (χ0n) is 22.5. The fraction of sp³-hybridized carbons (Fsp3) is 0.850. The SMILES string of the molecule is C=CC(=O)OCC(O)CCC(F)(F)C(F)(F)C(F)(F)C(F)(F)C(F)(F)C(F)(F)C(F)(F)C(F)(F)C(F)(F)C(F)(F)C(F)(C(F)(F)F)C(F)(F)F. The molecule has 1 unspecified atom stereocenters. The molecule has 1 N–H and O–H groups in total. The number of esters is 1. The van der Waals surface area contributed by atoms with Gasteiger partial charge in [-0.3, -0.25) is 0 Å². The molecule has 0 heterocycles. The molecule has 0 aliphatic carbocycles. The number of aliphatic hydroxyl groups excluding tert-OH is 1. The maximum absolute atomic E-state index is 13.9. The summed E-state index contributed by atoms with van der Waals surface area (Å²) in [5.41, 5.74) is -9.25. The second-order valence-corrected chi connectivity index (χ2v) is 9.55. The Morgan fingerprint density at radius 3 is 1.02 bits per heavy atom. The molecule has 0 aromatic carbocycles. The quantitative estimate of drug-likeness (QED) is 0.0963. The summed E-state index contributed by atoms with van der Waals surface area (Å²) in [6.45, 7) is 1.17. The first-order valence-corrected chi connectivity index (χ1v) is 11.4. The van der Waals surface area contributed by atoms with Crippen LogP contribution in [-0.2, 0) is 9.53 Å². The summed E-state index contributed by atoms with van der Waals surface area (Å²) >= 11 is 0. The number of ether oxygens (including phenoxy) is 1. The fourth-order valence-corrected chi connectivity index (χ4v) is 3.17. The average Bonchev–Trinajstić information content (AvgIpc) is 2.91. The number of rotatable bonds is 16. The lowest BCUT2D eigenvalue weighted by Crippen LogP contribution is -2.79. The van der Waals surface area contributed by atoms with Gasteiger partial charge in [0.05, 0.1) is 6.10 Å². The minimum Gasteiger partial charge on any atom is -0.460 e. The highest BCUT2D eigenvalue weighted by molar-refractivity contribution is 5.81. The van der Waals surface area contributed by atoms with Crippen LogP contribution in [0.25, 0.3) is 0 Å². The third-order valence-corrected chi connectivity index (χ3v) is 6.20. The van der Waals surface area contributed by atoms with E-state index in [9.17, 15) is 128 Å². The Hall–Kier alpha value is -2.72. The van der Waals surface area contributed by atoms with E-state index in [1.807, 2.05) is 0 Å². The number of aliphatic hydroxyl groups is 1. The number of hydrogen-bond donors (Lipinski definition) is 1. The normalized spacial score (nSPS) is 16.7. The second-order valence-electron chi connectivity index (χ2n) is 9.55. The van der Waals surface area contributed by atoms with Gasteiger partial charge in [0.2, 0.25) is 0 Å². The Labute approximate surface area is 256 Å². The first kappa shape index (κ1) is 47.3. The molecule has 0 spiro atoms. The monoisotopic (exact) mass is 812 g/mol. The van der Waals surface area contributed by atoms with Gasteiger partial charge in [-0.2, -0.15) is 114 Å². The van der Waals surface area contributed by atoms with Gasteiger partial charge < -0.3 is 9.84 Å². The summed E-state index contributed by atoms with van der Waals surface area (Å²) in [7, 11) is 0. The van der Waals surface area contributed by atoms with Gasteiger partial charge in [0.1, 0.15) is 6.61 Å². The van der Waals surface area contributed by atoms with Gasteiger partial charge >= 0.3 is 83.2 Å². The van der Waals surface area contributed by atoms with Gasteiger partial charge in [-0.05, 0) is 6.42 Å². The first-order chi connectivity index (χ1) is 21.3. The largest absolute Gasteiger partial charge is 0.460 e. The molecule has 0 saturated carbocycles. The molecule has 0 amide bonds. The lowest BCUT2D eigenvalue weighted by Gasteiger charge is -2.46. The van der Waals surface area contributed by atoms with E-state index in [2.05, 4.69) is 11.3 Å². The van der Waals surface area contributed by atoms with Crippen molar-refractivity contribution in [3.8, 4) is 0 Å². The van der Waals surface area contributed by atoms with E-state index in [0.29, 0.717) is 0 Å². The summed E-state index contributed by atoms with van der Waals surface area (Å²) in [5, 5.41) is 9.19. The summed E-state index contributed by atoms with van der Waals surface area (Å²) in [4.78, 5) is 10.7. The summed E-state index contributed by atoms with van der Waals surface area (Å²) in [6, 6.07) is 0. The summed E-state index contributed by atoms with van der Waals surface area (Å²) < 4.78 is 369. The lowest BCUT2D eigenvalue weighted by molar-refractivity contribution is -0.487. The van der Waals surface area contributed by atoms with Crippen LogP contribution >= 0.6 is 0 Å².